The first-order valence-electron chi connectivity index (χ1n) is 9.78. The predicted octanol–water partition coefficient (Wildman–Crippen LogP) is 1.31. The minimum absolute atomic E-state index is 0.0216. The second kappa shape index (κ2) is 9.29. The molecule has 2 aromatic rings. The number of hydrogen-bond donors (Lipinski definition) is 0. The SMILES string of the molecule is CN(C(=O)COC(=O)c1cccc(S(=O)(=O)N(C)c2ccccc2)c1)C1CCS(=O)(=O)C1. The van der Waals surface area contributed by atoms with Crippen molar-refractivity contribution in [1.82, 2.24) is 4.90 Å². The molecule has 11 heteroatoms. The van der Waals surface area contributed by atoms with E-state index in [4.69, 9.17) is 4.74 Å². The maximum atomic E-state index is 12.9. The highest BCUT2D eigenvalue weighted by Crippen LogP contribution is 2.22. The van der Waals surface area contributed by atoms with E-state index in [1.54, 1.807) is 30.3 Å². The molecular weight excluding hydrogens is 456 g/mol. The average Bonchev–Trinajstić information content (AvgIpc) is 3.16. The Morgan fingerprint density at radius 2 is 1.75 bits per heavy atom. The number of nitrogens with zero attached hydrogens (tertiary/aromatic N) is 2. The van der Waals surface area contributed by atoms with Gasteiger partial charge in [-0.15, -0.1) is 0 Å². The highest BCUT2D eigenvalue weighted by Gasteiger charge is 2.33. The van der Waals surface area contributed by atoms with Crippen LogP contribution in [0.3, 0.4) is 0 Å². The highest BCUT2D eigenvalue weighted by atomic mass is 32.2. The summed E-state index contributed by atoms with van der Waals surface area (Å²) in [6, 6.07) is 13.4. The van der Waals surface area contributed by atoms with Gasteiger partial charge in [0, 0.05) is 20.1 Å². The Balaban J connectivity index is 1.67. The van der Waals surface area contributed by atoms with Crippen LogP contribution in [0.4, 0.5) is 5.69 Å². The Morgan fingerprint density at radius 1 is 1.06 bits per heavy atom. The standard InChI is InChI=1S/C21H24N2O7S2/c1-22(18-11-12-31(26,27)15-18)20(24)14-30-21(25)16-7-6-10-19(13-16)32(28,29)23(2)17-8-4-3-5-9-17/h3-10,13,18H,11-12,14-15H2,1-2H3. The molecule has 0 saturated carbocycles. The molecular formula is C21H24N2O7S2. The lowest BCUT2D eigenvalue weighted by atomic mass is 10.2. The zero-order valence-corrected chi connectivity index (χ0v) is 19.3. The van der Waals surface area contributed by atoms with Gasteiger partial charge in [0.15, 0.2) is 16.4 Å². The molecule has 0 spiro atoms. The zero-order valence-electron chi connectivity index (χ0n) is 17.7. The van der Waals surface area contributed by atoms with Crippen molar-refractivity contribution in [2.45, 2.75) is 17.4 Å². The molecule has 0 bridgehead atoms. The van der Waals surface area contributed by atoms with Crippen molar-refractivity contribution >= 4 is 37.4 Å². The summed E-state index contributed by atoms with van der Waals surface area (Å²) in [4.78, 5) is 25.9. The van der Waals surface area contributed by atoms with Crippen LogP contribution >= 0.6 is 0 Å². The molecule has 1 amide bonds. The maximum absolute atomic E-state index is 12.9. The van der Waals surface area contributed by atoms with Crippen molar-refractivity contribution in [2.75, 3.05) is 36.5 Å². The number of carbonyl (C=O) groups excluding carboxylic acids is 2. The van der Waals surface area contributed by atoms with E-state index in [1.165, 1.54) is 43.3 Å². The molecule has 9 nitrogen and oxygen atoms in total. The molecule has 0 aliphatic carbocycles. The smallest absolute Gasteiger partial charge is 0.338 e. The van der Waals surface area contributed by atoms with Gasteiger partial charge >= 0.3 is 5.97 Å². The van der Waals surface area contributed by atoms with Gasteiger partial charge in [-0.3, -0.25) is 9.10 Å². The number of para-hydroxylation sites is 1. The summed E-state index contributed by atoms with van der Waals surface area (Å²) in [7, 11) is -4.20. The summed E-state index contributed by atoms with van der Waals surface area (Å²) < 4.78 is 55.2. The minimum atomic E-state index is -3.92. The number of sulfone groups is 1. The zero-order chi connectivity index (χ0) is 23.5. The van der Waals surface area contributed by atoms with Crippen molar-refractivity contribution in [3.63, 3.8) is 0 Å². The van der Waals surface area contributed by atoms with Gasteiger partial charge in [0.1, 0.15) is 0 Å². The Bertz CT molecular complexity index is 1210. The Labute approximate surface area is 187 Å². The number of ether oxygens (including phenoxy) is 1. The number of hydrogen-bond acceptors (Lipinski definition) is 7. The van der Waals surface area contributed by atoms with E-state index >= 15 is 0 Å². The number of amides is 1. The van der Waals surface area contributed by atoms with E-state index in [2.05, 4.69) is 0 Å². The number of carbonyl (C=O) groups is 2. The number of benzene rings is 2. The molecule has 0 aromatic heterocycles. The Morgan fingerprint density at radius 3 is 2.38 bits per heavy atom. The van der Waals surface area contributed by atoms with Crippen LogP contribution in [-0.2, 0) is 29.4 Å². The van der Waals surface area contributed by atoms with Crippen LogP contribution in [0.1, 0.15) is 16.8 Å². The van der Waals surface area contributed by atoms with E-state index in [9.17, 15) is 26.4 Å². The third kappa shape index (κ3) is 5.28. The largest absolute Gasteiger partial charge is 0.452 e. The first kappa shape index (κ1) is 23.7. The minimum Gasteiger partial charge on any atom is -0.452 e. The van der Waals surface area contributed by atoms with E-state index < -0.39 is 44.4 Å². The van der Waals surface area contributed by atoms with Crippen LogP contribution in [0.25, 0.3) is 0 Å². The Hall–Kier alpha value is -2.92. The molecule has 3 rings (SSSR count). The van der Waals surface area contributed by atoms with Gasteiger partial charge in [-0.1, -0.05) is 24.3 Å². The number of esters is 1. The molecule has 1 aliphatic heterocycles. The van der Waals surface area contributed by atoms with Crippen molar-refractivity contribution in [3.05, 3.63) is 60.2 Å². The van der Waals surface area contributed by atoms with Crippen molar-refractivity contribution in [1.29, 1.82) is 0 Å². The van der Waals surface area contributed by atoms with Gasteiger partial charge in [-0.05, 0) is 36.8 Å². The van der Waals surface area contributed by atoms with Crippen molar-refractivity contribution in [3.8, 4) is 0 Å². The molecule has 1 saturated heterocycles. The summed E-state index contributed by atoms with van der Waals surface area (Å²) in [5.41, 5.74) is 0.439. The third-order valence-corrected chi connectivity index (χ3v) is 8.86. The average molecular weight is 481 g/mol. The summed E-state index contributed by atoms with van der Waals surface area (Å²) in [5.74, 6) is -1.48. The fraction of sp³-hybridized carbons (Fsp3) is 0.333. The molecule has 1 aliphatic rings. The van der Waals surface area contributed by atoms with Crippen LogP contribution in [0, 0.1) is 0 Å². The first-order valence-corrected chi connectivity index (χ1v) is 13.0. The van der Waals surface area contributed by atoms with Crippen LogP contribution in [0.15, 0.2) is 59.5 Å². The van der Waals surface area contributed by atoms with Gasteiger partial charge < -0.3 is 9.64 Å². The van der Waals surface area contributed by atoms with E-state index in [0.717, 1.165) is 4.31 Å². The van der Waals surface area contributed by atoms with Crippen LogP contribution < -0.4 is 4.31 Å². The fourth-order valence-corrected chi connectivity index (χ4v) is 6.33. The molecule has 0 N–H and O–H groups in total. The predicted molar refractivity (Wildman–Crippen MR) is 119 cm³/mol. The van der Waals surface area contributed by atoms with Crippen molar-refractivity contribution in [2.24, 2.45) is 0 Å². The number of sulfonamides is 1. The highest BCUT2D eigenvalue weighted by molar-refractivity contribution is 7.92. The molecule has 2 aromatic carbocycles. The monoisotopic (exact) mass is 480 g/mol. The lowest BCUT2D eigenvalue weighted by Crippen LogP contribution is -2.40. The summed E-state index contributed by atoms with van der Waals surface area (Å²) in [6.45, 7) is -0.577. The quantitative estimate of drug-likeness (QED) is 0.548. The van der Waals surface area contributed by atoms with Gasteiger partial charge in [-0.25, -0.2) is 21.6 Å². The molecule has 0 radical (unpaired) electrons. The maximum Gasteiger partial charge on any atom is 0.338 e. The normalized spacial score (nSPS) is 17.5. The van der Waals surface area contributed by atoms with Crippen LogP contribution in [0.5, 0.6) is 0 Å². The van der Waals surface area contributed by atoms with Gasteiger partial charge in [0.05, 0.1) is 27.7 Å². The molecule has 1 heterocycles. The number of anilines is 1. The number of rotatable bonds is 7. The van der Waals surface area contributed by atoms with Gasteiger partial charge in [0.25, 0.3) is 15.9 Å². The summed E-state index contributed by atoms with van der Waals surface area (Å²) >= 11 is 0. The summed E-state index contributed by atoms with van der Waals surface area (Å²) in [6.07, 6.45) is 0.341. The van der Waals surface area contributed by atoms with Crippen molar-refractivity contribution < 1.29 is 31.2 Å². The second-order valence-electron chi connectivity index (χ2n) is 7.47. The van der Waals surface area contributed by atoms with E-state index in [1.807, 2.05) is 0 Å². The third-order valence-electron chi connectivity index (χ3n) is 5.32. The van der Waals surface area contributed by atoms with E-state index in [0.29, 0.717) is 12.1 Å². The lowest BCUT2D eigenvalue weighted by molar-refractivity contribution is -0.134. The lowest BCUT2D eigenvalue weighted by Gasteiger charge is -2.23. The molecule has 1 unspecified atom stereocenters. The molecule has 32 heavy (non-hydrogen) atoms. The Kier molecular flexibility index (Phi) is 6.89. The van der Waals surface area contributed by atoms with E-state index in [-0.39, 0.29) is 22.0 Å². The van der Waals surface area contributed by atoms with Crippen LogP contribution in [-0.4, -0.2) is 71.9 Å². The summed E-state index contributed by atoms with van der Waals surface area (Å²) in [5, 5.41) is 0. The topological polar surface area (TPSA) is 118 Å². The first-order chi connectivity index (χ1) is 15.0. The molecule has 1 atom stereocenters. The van der Waals surface area contributed by atoms with Gasteiger partial charge in [-0.2, -0.15) is 0 Å². The molecule has 1 fully saturated rings. The second-order valence-corrected chi connectivity index (χ2v) is 11.7. The van der Waals surface area contributed by atoms with Gasteiger partial charge in [0.2, 0.25) is 0 Å². The number of likely N-dealkylation sites (N-methyl/N-ethyl adjacent to an activating group) is 1. The fourth-order valence-electron chi connectivity index (χ4n) is 3.32. The molecule has 172 valence electrons. The van der Waals surface area contributed by atoms with Crippen LogP contribution in [0.2, 0.25) is 0 Å².